The summed E-state index contributed by atoms with van der Waals surface area (Å²) in [5, 5.41) is 8.54. The Labute approximate surface area is 106 Å². The lowest BCUT2D eigenvalue weighted by Crippen LogP contribution is -2.39. The highest BCUT2D eigenvalue weighted by molar-refractivity contribution is 5.97. The van der Waals surface area contributed by atoms with E-state index in [0.29, 0.717) is 31.7 Å². The lowest BCUT2D eigenvalue weighted by atomic mass is 10.1. The zero-order valence-electron chi connectivity index (χ0n) is 10.1. The standard InChI is InChI=1S/C13H15N3O2/c14-5-1-2-6-16-11-7-10(8-15)3-4-12(11)18-9-13(16)17/h3-4,7H,1-2,6,8-9,15H2. The average Bonchev–Trinajstić information content (AvgIpc) is 2.41. The van der Waals surface area contributed by atoms with Crippen LogP contribution in [0.3, 0.4) is 0 Å². The molecule has 2 rings (SSSR count). The van der Waals surface area contributed by atoms with Crippen LogP contribution in [0.1, 0.15) is 18.4 Å². The summed E-state index contributed by atoms with van der Waals surface area (Å²) in [6, 6.07) is 7.68. The van der Waals surface area contributed by atoms with E-state index in [9.17, 15) is 4.79 Å². The van der Waals surface area contributed by atoms with Crippen molar-refractivity contribution in [3.63, 3.8) is 0 Å². The molecule has 0 atom stereocenters. The van der Waals surface area contributed by atoms with Crippen LogP contribution in [0.4, 0.5) is 5.69 Å². The van der Waals surface area contributed by atoms with Gasteiger partial charge >= 0.3 is 0 Å². The fourth-order valence-electron chi connectivity index (χ4n) is 1.94. The Hall–Kier alpha value is -2.06. The monoisotopic (exact) mass is 245 g/mol. The zero-order chi connectivity index (χ0) is 13.0. The second kappa shape index (κ2) is 5.52. The smallest absolute Gasteiger partial charge is 0.265 e. The molecule has 1 heterocycles. The Kier molecular flexibility index (Phi) is 3.80. The van der Waals surface area contributed by atoms with Crippen molar-refractivity contribution in [3.05, 3.63) is 23.8 Å². The highest BCUT2D eigenvalue weighted by atomic mass is 16.5. The summed E-state index contributed by atoms with van der Waals surface area (Å²) in [5.74, 6) is 0.623. The van der Waals surface area contributed by atoms with Crippen LogP contribution in [0.5, 0.6) is 5.75 Å². The van der Waals surface area contributed by atoms with E-state index in [-0.39, 0.29) is 12.5 Å². The van der Waals surface area contributed by atoms with Crippen LogP contribution in [-0.4, -0.2) is 19.1 Å². The second-order valence-electron chi connectivity index (χ2n) is 4.10. The maximum Gasteiger partial charge on any atom is 0.265 e. The second-order valence-corrected chi connectivity index (χ2v) is 4.10. The van der Waals surface area contributed by atoms with Gasteiger partial charge in [-0.2, -0.15) is 5.26 Å². The van der Waals surface area contributed by atoms with E-state index < -0.39 is 0 Å². The number of amides is 1. The summed E-state index contributed by atoms with van der Waals surface area (Å²) in [7, 11) is 0. The molecule has 0 radical (unpaired) electrons. The number of carbonyl (C=O) groups is 1. The van der Waals surface area contributed by atoms with Crippen LogP contribution in [-0.2, 0) is 11.3 Å². The summed E-state index contributed by atoms with van der Waals surface area (Å²) in [5.41, 5.74) is 7.31. The number of hydrogen-bond acceptors (Lipinski definition) is 4. The predicted molar refractivity (Wildman–Crippen MR) is 67.0 cm³/mol. The number of ether oxygens (including phenoxy) is 1. The van der Waals surface area contributed by atoms with Crippen molar-refractivity contribution in [2.24, 2.45) is 5.73 Å². The molecule has 94 valence electrons. The van der Waals surface area contributed by atoms with E-state index in [1.54, 1.807) is 4.90 Å². The van der Waals surface area contributed by atoms with Gasteiger partial charge in [0.15, 0.2) is 6.61 Å². The lowest BCUT2D eigenvalue weighted by Gasteiger charge is -2.29. The minimum Gasteiger partial charge on any atom is -0.482 e. The predicted octanol–water partition coefficient (Wildman–Crippen LogP) is 1.17. The number of anilines is 1. The van der Waals surface area contributed by atoms with Crippen molar-refractivity contribution in [1.82, 2.24) is 0 Å². The van der Waals surface area contributed by atoms with E-state index in [2.05, 4.69) is 6.07 Å². The van der Waals surface area contributed by atoms with Crippen molar-refractivity contribution in [2.45, 2.75) is 19.4 Å². The molecule has 0 spiro atoms. The van der Waals surface area contributed by atoms with Crippen molar-refractivity contribution >= 4 is 11.6 Å². The van der Waals surface area contributed by atoms with Gasteiger partial charge in [-0.1, -0.05) is 6.07 Å². The first kappa shape index (κ1) is 12.4. The van der Waals surface area contributed by atoms with Gasteiger partial charge in [-0.05, 0) is 24.1 Å². The normalized spacial score (nSPS) is 13.8. The fraction of sp³-hybridized carbons (Fsp3) is 0.385. The molecule has 0 unspecified atom stereocenters. The largest absolute Gasteiger partial charge is 0.482 e. The number of rotatable bonds is 4. The SMILES string of the molecule is N#CCCCN1C(=O)COc2ccc(CN)cc21. The van der Waals surface area contributed by atoms with E-state index in [1.807, 2.05) is 18.2 Å². The summed E-state index contributed by atoms with van der Waals surface area (Å²) < 4.78 is 5.37. The van der Waals surface area contributed by atoms with Crippen LogP contribution in [0.15, 0.2) is 18.2 Å². The van der Waals surface area contributed by atoms with Gasteiger partial charge < -0.3 is 15.4 Å². The fourth-order valence-corrected chi connectivity index (χ4v) is 1.94. The van der Waals surface area contributed by atoms with E-state index in [1.165, 1.54) is 0 Å². The summed E-state index contributed by atoms with van der Waals surface area (Å²) >= 11 is 0. The molecule has 1 aromatic carbocycles. The van der Waals surface area contributed by atoms with Gasteiger partial charge in [0.2, 0.25) is 0 Å². The number of nitrogens with zero attached hydrogens (tertiary/aromatic N) is 2. The number of unbranched alkanes of at least 4 members (excludes halogenated alkanes) is 1. The van der Waals surface area contributed by atoms with Crippen LogP contribution < -0.4 is 15.4 Å². The highest BCUT2D eigenvalue weighted by Crippen LogP contribution is 2.33. The first-order valence-corrected chi connectivity index (χ1v) is 5.89. The maximum atomic E-state index is 11.8. The van der Waals surface area contributed by atoms with Crippen LogP contribution in [0, 0.1) is 11.3 Å². The van der Waals surface area contributed by atoms with Crippen LogP contribution >= 0.6 is 0 Å². The summed E-state index contributed by atoms with van der Waals surface area (Å²) in [6.07, 6.45) is 1.10. The van der Waals surface area contributed by atoms with Gasteiger partial charge in [0.05, 0.1) is 11.8 Å². The molecule has 5 nitrogen and oxygen atoms in total. The molecule has 0 fully saturated rings. The van der Waals surface area contributed by atoms with Gasteiger partial charge in [-0.3, -0.25) is 4.79 Å². The number of carbonyl (C=O) groups excluding carboxylic acids is 1. The summed E-state index contributed by atoms with van der Waals surface area (Å²) in [4.78, 5) is 13.5. The molecule has 2 N–H and O–H groups in total. The molecule has 0 saturated heterocycles. The van der Waals surface area contributed by atoms with Crippen molar-refractivity contribution < 1.29 is 9.53 Å². The van der Waals surface area contributed by atoms with Gasteiger partial charge in [-0.15, -0.1) is 0 Å². The third kappa shape index (κ3) is 2.44. The molecule has 1 aliphatic heterocycles. The first-order valence-electron chi connectivity index (χ1n) is 5.89. The minimum absolute atomic E-state index is 0.0571. The zero-order valence-corrected chi connectivity index (χ0v) is 10.1. The quantitative estimate of drug-likeness (QED) is 0.808. The lowest BCUT2D eigenvalue weighted by molar-refractivity contribution is -0.121. The number of nitriles is 1. The summed E-state index contributed by atoms with van der Waals surface area (Å²) in [6.45, 7) is 1.02. The average molecular weight is 245 g/mol. The molecule has 5 heteroatoms. The molecule has 0 aromatic heterocycles. The molecule has 1 aromatic rings. The van der Waals surface area contributed by atoms with Crippen LogP contribution in [0.25, 0.3) is 0 Å². The van der Waals surface area contributed by atoms with Crippen molar-refractivity contribution in [1.29, 1.82) is 5.26 Å². The Morgan fingerprint density at radius 2 is 2.33 bits per heavy atom. The van der Waals surface area contributed by atoms with Gasteiger partial charge in [0.25, 0.3) is 5.91 Å². The topological polar surface area (TPSA) is 79.3 Å². The van der Waals surface area contributed by atoms with E-state index in [0.717, 1.165) is 11.3 Å². The minimum atomic E-state index is -0.0744. The molecule has 1 amide bonds. The molecule has 0 bridgehead atoms. The van der Waals surface area contributed by atoms with E-state index >= 15 is 0 Å². The molecule has 1 aliphatic rings. The van der Waals surface area contributed by atoms with Crippen molar-refractivity contribution in [2.75, 3.05) is 18.1 Å². The Balaban J connectivity index is 2.25. The number of hydrogen-bond donors (Lipinski definition) is 1. The first-order chi connectivity index (χ1) is 8.76. The van der Waals surface area contributed by atoms with E-state index in [4.69, 9.17) is 15.7 Å². The Morgan fingerprint density at radius 1 is 1.50 bits per heavy atom. The molecular formula is C13H15N3O2. The molecule has 18 heavy (non-hydrogen) atoms. The Bertz CT molecular complexity index is 493. The van der Waals surface area contributed by atoms with Gasteiger partial charge in [0, 0.05) is 19.5 Å². The molecule has 0 aliphatic carbocycles. The van der Waals surface area contributed by atoms with Crippen LogP contribution in [0.2, 0.25) is 0 Å². The maximum absolute atomic E-state index is 11.8. The molecule has 0 saturated carbocycles. The van der Waals surface area contributed by atoms with Gasteiger partial charge in [0.1, 0.15) is 5.75 Å². The third-order valence-corrected chi connectivity index (χ3v) is 2.87. The van der Waals surface area contributed by atoms with Gasteiger partial charge in [-0.25, -0.2) is 0 Å². The Morgan fingerprint density at radius 3 is 3.06 bits per heavy atom. The number of nitrogens with two attached hydrogens (primary N) is 1. The third-order valence-electron chi connectivity index (χ3n) is 2.87. The number of fused-ring (bicyclic) bond motifs is 1. The molecular weight excluding hydrogens is 230 g/mol. The highest BCUT2D eigenvalue weighted by Gasteiger charge is 2.25. The van der Waals surface area contributed by atoms with Crippen molar-refractivity contribution in [3.8, 4) is 11.8 Å². The number of benzene rings is 1.